The number of amides is 1. The summed E-state index contributed by atoms with van der Waals surface area (Å²) < 4.78 is 51.4. The number of carbonyl (C=O) groups excluding carboxylic acids is 2. The van der Waals surface area contributed by atoms with E-state index in [0.717, 1.165) is 12.8 Å². The van der Waals surface area contributed by atoms with Gasteiger partial charge in [-0.2, -0.15) is 4.31 Å². The molecule has 1 saturated heterocycles. The highest BCUT2D eigenvalue weighted by Crippen LogP contribution is 2.42. The number of ether oxygens (including phenoxy) is 2. The quantitative estimate of drug-likeness (QED) is 0.581. The topological polar surface area (TPSA) is 102 Å². The lowest BCUT2D eigenvalue weighted by molar-refractivity contribution is -0.159. The first-order valence-electron chi connectivity index (χ1n) is 11.7. The molecule has 1 saturated carbocycles. The molecule has 1 heterocycles. The van der Waals surface area contributed by atoms with E-state index in [1.54, 1.807) is 12.1 Å². The van der Waals surface area contributed by atoms with Gasteiger partial charge < -0.3 is 14.8 Å². The number of carbonyl (C=O) groups is 2. The molecule has 2 aliphatic rings. The van der Waals surface area contributed by atoms with Crippen molar-refractivity contribution in [1.29, 1.82) is 0 Å². The molecular weight excluding hydrogens is 475 g/mol. The highest BCUT2D eigenvalue weighted by Gasteiger charge is 2.45. The molecule has 2 aromatic rings. The van der Waals surface area contributed by atoms with E-state index in [2.05, 4.69) is 5.32 Å². The molecular formula is C25H29FN2O6S. The minimum absolute atomic E-state index is 0.121. The Morgan fingerprint density at radius 3 is 2.37 bits per heavy atom. The third kappa shape index (κ3) is 5.39. The lowest BCUT2D eigenvalue weighted by Crippen LogP contribution is -2.40. The molecule has 1 N–H and O–H groups in total. The Kier molecular flexibility index (Phi) is 7.53. The number of hydrogen-bond acceptors (Lipinski definition) is 6. The molecule has 35 heavy (non-hydrogen) atoms. The number of halogens is 1. The Hall–Kier alpha value is -2.82. The number of morpholine rings is 1. The molecule has 2 fully saturated rings. The summed E-state index contributed by atoms with van der Waals surface area (Å²) in [7, 11) is -3.64. The molecule has 1 amide bonds. The number of nitrogens with zero attached hydrogens (tertiary/aromatic N) is 1. The van der Waals surface area contributed by atoms with Crippen molar-refractivity contribution in [3.63, 3.8) is 0 Å². The minimum atomic E-state index is -3.64. The summed E-state index contributed by atoms with van der Waals surface area (Å²) in [5, 5.41) is 2.65. The van der Waals surface area contributed by atoms with Gasteiger partial charge in [0.2, 0.25) is 10.0 Å². The second kappa shape index (κ2) is 10.4. The van der Waals surface area contributed by atoms with Crippen molar-refractivity contribution in [2.24, 2.45) is 0 Å². The first-order valence-corrected chi connectivity index (χ1v) is 13.1. The number of sulfonamides is 1. The number of rotatable bonds is 7. The maximum absolute atomic E-state index is 13.8. The summed E-state index contributed by atoms with van der Waals surface area (Å²) in [4.78, 5) is 26.0. The predicted molar refractivity (Wildman–Crippen MR) is 127 cm³/mol. The second-order valence-electron chi connectivity index (χ2n) is 8.88. The SMILES string of the molecule is CC(OC(=O)C1(c2cccc(F)c2)CCCC1)C(=O)Nc1ccc(S(=O)(=O)N2CCOCC2)cc1. The zero-order valence-electron chi connectivity index (χ0n) is 19.5. The van der Waals surface area contributed by atoms with Crippen LogP contribution in [-0.2, 0) is 34.5 Å². The number of benzene rings is 2. The van der Waals surface area contributed by atoms with Crippen LogP contribution in [0, 0.1) is 5.82 Å². The van der Waals surface area contributed by atoms with Crippen molar-refractivity contribution in [2.45, 2.75) is 49.0 Å². The normalized spacial score (nSPS) is 19.1. The van der Waals surface area contributed by atoms with Crippen LogP contribution in [0.25, 0.3) is 0 Å². The minimum Gasteiger partial charge on any atom is -0.452 e. The summed E-state index contributed by atoms with van der Waals surface area (Å²) >= 11 is 0. The fourth-order valence-electron chi connectivity index (χ4n) is 4.59. The van der Waals surface area contributed by atoms with Gasteiger partial charge in [0, 0.05) is 18.8 Å². The lowest BCUT2D eigenvalue weighted by Gasteiger charge is -2.28. The van der Waals surface area contributed by atoms with Gasteiger partial charge in [-0.05, 0) is 61.7 Å². The number of nitrogens with one attached hydrogen (secondary N) is 1. The smallest absolute Gasteiger partial charge is 0.317 e. The van der Waals surface area contributed by atoms with E-state index < -0.39 is 39.2 Å². The standard InChI is InChI=1S/C25H29FN2O6S/c1-18(34-24(30)25(11-2-3-12-25)19-5-4-6-20(26)17-19)23(29)27-21-7-9-22(10-8-21)35(31,32)28-13-15-33-16-14-28/h4-10,17-18H,2-3,11-16H2,1H3,(H,27,29). The summed E-state index contributed by atoms with van der Waals surface area (Å²) in [6.07, 6.45) is 1.59. The van der Waals surface area contributed by atoms with Crippen molar-refractivity contribution in [3.05, 3.63) is 59.9 Å². The zero-order chi connectivity index (χ0) is 25.1. The van der Waals surface area contributed by atoms with Crippen LogP contribution >= 0.6 is 0 Å². The van der Waals surface area contributed by atoms with Gasteiger partial charge in [0.25, 0.3) is 5.91 Å². The highest BCUT2D eigenvalue weighted by atomic mass is 32.2. The third-order valence-corrected chi connectivity index (χ3v) is 8.52. The lowest BCUT2D eigenvalue weighted by atomic mass is 9.79. The van der Waals surface area contributed by atoms with E-state index in [1.165, 1.54) is 47.6 Å². The van der Waals surface area contributed by atoms with Gasteiger partial charge in [0.1, 0.15) is 5.82 Å². The van der Waals surface area contributed by atoms with Gasteiger partial charge in [0.15, 0.2) is 6.10 Å². The molecule has 10 heteroatoms. The Labute approximate surface area is 204 Å². The fraction of sp³-hybridized carbons (Fsp3) is 0.440. The molecule has 0 bridgehead atoms. The average molecular weight is 505 g/mol. The number of esters is 1. The van der Waals surface area contributed by atoms with E-state index in [-0.39, 0.29) is 4.90 Å². The molecule has 1 atom stereocenters. The largest absolute Gasteiger partial charge is 0.452 e. The summed E-state index contributed by atoms with van der Waals surface area (Å²) in [5.41, 5.74) is -0.0317. The Balaban J connectivity index is 1.40. The van der Waals surface area contributed by atoms with Gasteiger partial charge in [-0.3, -0.25) is 9.59 Å². The van der Waals surface area contributed by atoms with Crippen molar-refractivity contribution in [3.8, 4) is 0 Å². The van der Waals surface area contributed by atoms with Crippen LogP contribution in [0.2, 0.25) is 0 Å². The van der Waals surface area contributed by atoms with E-state index >= 15 is 0 Å². The van der Waals surface area contributed by atoms with Crippen molar-refractivity contribution in [2.75, 3.05) is 31.6 Å². The fourth-order valence-corrected chi connectivity index (χ4v) is 6.00. The Morgan fingerprint density at radius 2 is 1.74 bits per heavy atom. The molecule has 0 spiro atoms. The first kappa shape index (κ1) is 25.3. The van der Waals surface area contributed by atoms with Crippen LogP contribution in [0.4, 0.5) is 10.1 Å². The van der Waals surface area contributed by atoms with Crippen LogP contribution < -0.4 is 5.32 Å². The molecule has 188 valence electrons. The number of anilines is 1. The molecule has 8 nitrogen and oxygen atoms in total. The highest BCUT2D eigenvalue weighted by molar-refractivity contribution is 7.89. The van der Waals surface area contributed by atoms with Crippen molar-refractivity contribution in [1.82, 2.24) is 4.31 Å². The first-order chi connectivity index (χ1) is 16.7. The van der Waals surface area contributed by atoms with Crippen LogP contribution in [0.3, 0.4) is 0 Å². The van der Waals surface area contributed by atoms with E-state index in [1.807, 2.05) is 0 Å². The van der Waals surface area contributed by atoms with Crippen molar-refractivity contribution < 1.29 is 31.9 Å². The average Bonchev–Trinajstić information content (AvgIpc) is 3.36. The zero-order valence-corrected chi connectivity index (χ0v) is 20.4. The van der Waals surface area contributed by atoms with Crippen LogP contribution in [0.15, 0.2) is 53.4 Å². The summed E-state index contributed by atoms with van der Waals surface area (Å²) in [6.45, 7) is 2.76. The maximum atomic E-state index is 13.8. The van der Waals surface area contributed by atoms with Gasteiger partial charge in [0.05, 0.1) is 23.5 Å². The molecule has 0 aromatic heterocycles. The van der Waals surface area contributed by atoms with Crippen molar-refractivity contribution >= 4 is 27.6 Å². The maximum Gasteiger partial charge on any atom is 0.317 e. The molecule has 4 rings (SSSR count). The van der Waals surface area contributed by atoms with E-state index in [0.29, 0.717) is 50.4 Å². The van der Waals surface area contributed by atoms with Gasteiger partial charge >= 0.3 is 5.97 Å². The molecule has 1 aliphatic carbocycles. The van der Waals surface area contributed by atoms with Gasteiger partial charge in [-0.15, -0.1) is 0 Å². The Bertz CT molecular complexity index is 1170. The summed E-state index contributed by atoms with van der Waals surface area (Å²) in [6, 6.07) is 11.8. The third-order valence-electron chi connectivity index (χ3n) is 6.61. The van der Waals surface area contributed by atoms with Gasteiger partial charge in [-0.25, -0.2) is 12.8 Å². The predicted octanol–water partition coefficient (Wildman–Crippen LogP) is 3.23. The van der Waals surface area contributed by atoms with Crippen LogP contribution in [-0.4, -0.2) is 57.0 Å². The molecule has 2 aromatic carbocycles. The van der Waals surface area contributed by atoms with Crippen LogP contribution in [0.1, 0.15) is 38.2 Å². The van der Waals surface area contributed by atoms with Gasteiger partial charge in [-0.1, -0.05) is 25.0 Å². The second-order valence-corrected chi connectivity index (χ2v) is 10.8. The van der Waals surface area contributed by atoms with E-state index in [4.69, 9.17) is 9.47 Å². The monoisotopic (exact) mass is 504 g/mol. The van der Waals surface area contributed by atoms with Crippen LogP contribution in [0.5, 0.6) is 0 Å². The molecule has 0 radical (unpaired) electrons. The Morgan fingerprint density at radius 1 is 1.09 bits per heavy atom. The molecule has 1 unspecified atom stereocenters. The number of hydrogen-bond donors (Lipinski definition) is 1. The summed E-state index contributed by atoms with van der Waals surface area (Å²) in [5.74, 6) is -1.52. The molecule has 1 aliphatic heterocycles. The van der Waals surface area contributed by atoms with E-state index in [9.17, 15) is 22.4 Å².